The SMILES string of the molecule is Cn1cc(C2CN(S)c3ncc(C4CCC(N5CCOCC5)CC4)cc32)cn1. The number of anilines is 1. The van der Waals surface area contributed by atoms with Crippen LogP contribution in [0, 0.1) is 0 Å². The monoisotopic (exact) mass is 399 g/mol. The second-order valence-electron chi connectivity index (χ2n) is 8.42. The van der Waals surface area contributed by atoms with Crippen LogP contribution in [0.4, 0.5) is 5.82 Å². The molecule has 1 atom stereocenters. The van der Waals surface area contributed by atoms with Crippen molar-refractivity contribution in [3.05, 3.63) is 41.3 Å². The van der Waals surface area contributed by atoms with Crippen molar-refractivity contribution in [1.29, 1.82) is 0 Å². The van der Waals surface area contributed by atoms with Crippen LogP contribution in [0.5, 0.6) is 0 Å². The molecule has 5 rings (SSSR count). The first-order valence-corrected chi connectivity index (χ1v) is 10.9. The van der Waals surface area contributed by atoms with E-state index in [4.69, 9.17) is 9.72 Å². The van der Waals surface area contributed by atoms with Crippen LogP contribution in [0.25, 0.3) is 0 Å². The highest BCUT2D eigenvalue weighted by molar-refractivity contribution is 7.81. The van der Waals surface area contributed by atoms with E-state index in [1.165, 1.54) is 42.4 Å². The second kappa shape index (κ2) is 7.69. The van der Waals surface area contributed by atoms with Gasteiger partial charge in [-0.25, -0.2) is 4.98 Å². The van der Waals surface area contributed by atoms with E-state index in [-0.39, 0.29) is 0 Å². The molecule has 2 fully saturated rings. The lowest BCUT2D eigenvalue weighted by molar-refractivity contribution is 0.00729. The van der Waals surface area contributed by atoms with Crippen LogP contribution < -0.4 is 4.31 Å². The Morgan fingerprint density at radius 1 is 1.07 bits per heavy atom. The third-order valence-electron chi connectivity index (χ3n) is 6.75. The van der Waals surface area contributed by atoms with Crippen molar-refractivity contribution in [2.45, 2.75) is 43.6 Å². The summed E-state index contributed by atoms with van der Waals surface area (Å²) in [6.07, 6.45) is 11.3. The van der Waals surface area contributed by atoms with Gasteiger partial charge < -0.3 is 9.04 Å². The zero-order valence-electron chi connectivity index (χ0n) is 16.5. The quantitative estimate of drug-likeness (QED) is 0.804. The topological polar surface area (TPSA) is 46.4 Å². The van der Waals surface area contributed by atoms with Crippen LogP contribution in [0.2, 0.25) is 0 Å². The van der Waals surface area contributed by atoms with Gasteiger partial charge in [0.05, 0.1) is 19.4 Å². The van der Waals surface area contributed by atoms with Crippen LogP contribution >= 0.6 is 12.8 Å². The molecule has 150 valence electrons. The first kappa shape index (κ1) is 18.5. The Morgan fingerprint density at radius 2 is 1.86 bits per heavy atom. The van der Waals surface area contributed by atoms with Crippen LogP contribution in [0.1, 0.15) is 54.2 Å². The van der Waals surface area contributed by atoms with Crippen molar-refractivity contribution in [1.82, 2.24) is 19.7 Å². The minimum Gasteiger partial charge on any atom is -0.379 e. The van der Waals surface area contributed by atoms with E-state index in [9.17, 15) is 0 Å². The summed E-state index contributed by atoms with van der Waals surface area (Å²) in [5.74, 6) is 1.93. The first-order valence-electron chi connectivity index (χ1n) is 10.5. The predicted octanol–water partition coefficient (Wildman–Crippen LogP) is 2.97. The van der Waals surface area contributed by atoms with Gasteiger partial charge in [0.15, 0.2) is 0 Å². The van der Waals surface area contributed by atoms with E-state index in [0.29, 0.717) is 11.8 Å². The fraction of sp³-hybridized carbons (Fsp3) is 0.619. The summed E-state index contributed by atoms with van der Waals surface area (Å²) in [5, 5.41) is 4.36. The molecule has 0 spiro atoms. The molecule has 28 heavy (non-hydrogen) atoms. The van der Waals surface area contributed by atoms with Crippen molar-refractivity contribution < 1.29 is 4.74 Å². The lowest BCUT2D eigenvalue weighted by Crippen LogP contribution is -2.44. The number of morpholine rings is 1. The van der Waals surface area contributed by atoms with Crippen molar-refractivity contribution >= 4 is 18.6 Å². The summed E-state index contributed by atoms with van der Waals surface area (Å²) in [4.78, 5) is 7.44. The summed E-state index contributed by atoms with van der Waals surface area (Å²) >= 11 is 4.65. The van der Waals surface area contributed by atoms with Gasteiger partial charge in [-0.05, 0) is 48.8 Å². The summed E-state index contributed by atoms with van der Waals surface area (Å²) in [7, 11) is 1.97. The molecule has 1 unspecified atom stereocenters. The Bertz CT molecular complexity index is 826. The van der Waals surface area contributed by atoms with Crippen LogP contribution in [0.3, 0.4) is 0 Å². The maximum atomic E-state index is 5.51. The highest BCUT2D eigenvalue weighted by Gasteiger charge is 2.33. The molecule has 4 heterocycles. The molecule has 1 saturated heterocycles. The van der Waals surface area contributed by atoms with Crippen molar-refractivity contribution in [2.24, 2.45) is 7.05 Å². The van der Waals surface area contributed by atoms with Crippen LogP contribution in [-0.2, 0) is 11.8 Å². The lowest BCUT2D eigenvalue weighted by Gasteiger charge is -2.38. The minimum atomic E-state index is 0.304. The maximum Gasteiger partial charge on any atom is 0.142 e. The van der Waals surface area contributed by atoms with Crippen LogP contribution in [0.15, 0.2) is 24.7 Å². The number of aromatic nitrogens is 3. The van der Waals surface area contributed by atoms with E-state index in [1.54, 1.807) is 0 Å². The molecule has 2 aromatic heterocycles. The molecule has 6 nitrogen and oxygen atoms in total. The highest BCUT2D eigenvalue weighted by atomic mass is 32.1. The molecule has 2 aromatic rings. The number of ether oxygens (including phenoxy) is 1. The Labute approximate surface area is 172 Å². The van der Waals surface area contributed by atoms with Gasteiger partial charge in [0.2, 0.25) is 0 Å². The first-order chi connectivity index (χ1) is 13.7. The zero-order chi connectivity index (χ0) is 19.1. The molecule has 0 radical (unpaired) electrons. The van der Waals surface area contributed by atoms with E-state index in [2.05, 4.69) is 41.3 Å². The molecule has 0 N–H and O–H groups in total. The molecule has 3 aliphatic rings. The van der Waals surface area contributed by atoms with Crippen molar-refractivity contribution in [3.8, 4) is 0 Å². The van der Waals surface area contributed by atoms with Gasteiger partial charge in [0.1, 0.15) is 5.82 Å². The van der Waals surface area contributed by atoms with Gasteiger partial charge in [0, 0.05) is 56.6 Å². The average Bonchev–Trinajstić information content (AvgIpc) is 3.32. The molecule has 0 aromatic carbocycles. The van der Waals surface area contributed by atoms with Gasteiger partial charge in [-0.2, -0.15) is 5.10 Å². The Hall–Kier alpha value is -1.57. The second-order valence-corrected chi connectivity index (χ2v) is 8.90. The molecular formula is C21H29N5OS. The third-order valence-corrected chi connectivity index (χ3v) is 7.10. The number of rotatable bonds is 3. The number of hydrogen-bond donors (Lipinski definition) is 1. The largest absolute Gasteiger partial charge is 0.379 e. The average molecular weight is 400 g/mol. The summed E-state index contributed by atoms with van der Waals surface area (Å²) in [6.45, 7) is 4.83. The lowest BCUT2D eigenvalue weighted by atomic mass is 9.81. The fourth-order valence-corrected chi connectivity index (χ4v) is 5.50. The van der Waals surface area contributed by atoms with E-state index in [0.717, 1.165) is 44.7 Å². The molecule has 2 aliphatic heterocycles. The summed E-state index contributed by atoms with van der Waals surface area (Å²) in [6, 6.07) is 3.13. The van der Waals surface area contributed by atoms with Gasteiger partial charge >= 0.3 is 0 Å². The summed E-state index contributed by atoms with van der Waals surface area (Å²) < 4.78 is 9.37. The Morgan fingerprint density at radius 3 is 2.57 bits per heavy atom. The number of fused-ring (bicyclic) bond motifs is 1. The third kappa shape index (κ3) is 3.44. The minimum absolute atomic E-state index is 0.304. The number of hydrogen-bond acceptors (Lipinski definition) is 6. The number of thiol groups is 1. The van der Waals surface area contributed by atoms with Crippen molar-refractivity contribution in [2.75, 3.05) is 37.2 Å². The highest BCUT2D eigenvalue weighted by Crippen LogP contribution is 2.42. The molecule has 1 aliphatic carbocycles. The number of pyridine rings is 1. The van der Waals surface area contributed by atoms with E-state index < -0.39 is 0 Å². The van der Waals surface area contributed by atoms with Gasteiger partial charge in [-0.1, -0.05) is 12.8 Å². The standard InChI is InChI=1S/C21H29N5OS/c1-24-13-17(12-23-24)20-14-26(28)21-19(20)10-16(11-22-21)15-2-4-18(5-3-15)25-6-8-27-9-7-25/h10-13,15,18,20,28H,2-9,14H2,1H3. The van der Waals surface area contributed by atoms with Gasteiger partial charge in [-0.3, -0.25) is 9.58 Å². The normalized spacial score (nSPS) is 28.5. The van der Waals surface area contributed by atoms with Crippen molar-refractivity contribution in [3.63, 3.8) is 0 Å². The van der Waals surface area contributed by atoms with E-state index >= 15 is 0 Å². The smallest absolute Gasteiger partial charge is 0.142 e. The Kier molecular flexibility index (Phi) is 5.07. The van der Waals surface area contributed by atoms with E-state index in [1.807, 2.05) is 22.2 Å². The maximum absolute atomic E-state index is 5.51. The molecular weight excluding hydrogens is 370 g/mol. The van der Waals surface area contributed by atoms with Crippen LogP contribution in [-0.4, -0.2) is 58.6 Å². The molecule has 1 saturated carbocycles. The molecule has 0 bridgehead atoms. The number of aryl methyl sites for hydroxylation is 1. The van der Waals surface area contributed by atoms with Gasteiger partial charge in [-0.15, -0.1) is 0 Å². The zero-order valence-corrected chi connectivity index (χ0v) is 17.4. The molecule has 7 heteroatoms. The predicted molar refractivity (Wildman–Crippen MR) is 113 cm³/mol. The number of nitrogens with zero attached hydrogens (tertiary/aromatic N) is 5. The Balaban J connectivity index is 1.32. The fourth-order valence-electron chi connectivity index (χ4n) is 5.17. The summed E-state index contributed by atoms with van der Waals surface area (Å²) in [5.41, 5.74) is 3.95. The van der Waals surface area contributed by atoms with Gasteiger partial charge in [0.25, 0.3) is 0 Å². The molecule has 0 amide bonds.